The maximum Gasteiger partial charge on any atom is 0.141 e. The molecule has 2 aliphatic heterocycles. The van der Waals surface area contributed by atoms with E-state index in [0.717, 1.165) is 30.1 Å². The number of aryl methyl sites for hydroxylation is 1. The Bertz CT molecular complexity index is 727. The van der Waals surface area contributed by atoms with Crippen molar-refractivity contribution in [2.24, 2.45) is 10.7 Å². The smallest absolute Gasteiger partial charge is 0.141 e. The number of anilines is 1. The second kappa shape index (κ2) is 9.60. The molecule has 4 rings (SSSR count). The summed E-state index contributed by atoms with van der Waals surface area (Å²) in [7, 11) is 0. The average molecular weight is 413 g/mol. The van der Waals surface area contributed by atoms with Crippen molar-refractivity contribution in [1.82, 2.24) is 5.32 Å². The first-order valence-electron chi connectivity index (χ1n) is 8.79. The summed E-state index contributed by atoms with van der Waals surface area (Å²) < 4.78 is 0. The third-order valence-corrected chi connectivity index (χ3v) is 5.86. The van der Waals surface area contributed by atoms with Gasteiger partial charge in [-0.3, -0.25) is 0 Å². The quantitative estimate of drug-likeness (QED) is 0.588. The number of hydrogen-bond acceptors (Lipinski definition) is 4. The topological polar surface area (TPSA) is 53.6 Å². The Morgan fingerprint density at radius 3 is 2.85 bits per heavy atom. The Labute approximate surface area is 171 Å². The summed E-state index contributed by atoms with van der Waals surface area (Å²) in [5, 5.41) is 5.53. The van der Waals surface area contributed by atoms with Crippen molar-refractivity contribution in [2.75, 3.05) is 24.5 Å². The highest BCUT2D eigenvalue weighted by Gasteiger charge is 2.25. The van der Waals surface area contributed by atoms with Crippen LogP contribution in [0.1, 0.15) is 29.7 Å². The van der Waals surface area contributed by atoms with Crippen molar-refractivity contribution in [3.63, 3.8) is 0 Å². The molecule has 2 aromatic rings. The van der Waals surface area contributed by atoms with Crippen LogP contribution in [0.2, 0.25) is 0 Å². The fourth-order valence-electron chi connectivity index (χ4n) is 3.74. The molecule has 0 spiro atoms. The molecule has 4 nitrogen and oxygen atoms in total. The van der Waals surface area contributed by atoms with Crippen LogP contribution in [0.5, 0.6) is 0 Å². The molecule has 26 heavy (non-hydrogen) atoms. The Kier molecular flexibility index (Phi) is 7.77. The Hall–Kier alpha value is -1.27. The van der Waals surface area contributed by atoms with Gasteiger partial charge >= 0.3 is 0 Å². The summed E-state index contributed by atoms with van der Waals surface area (Å²) in [5.74, 6) is 0.607. The third-order valence-electron chi connectivity index (χ3n) is 4.97. The first kappa shape index (κ1) is 21.0. The molecule has 3 N–H and O–H groups in total. The van der Waals surface area contributed by atoms with Gasteiger partial charge in [-0.25, -0.2) is 4.99 Å². The highest BCUT2D eigenvalue weighted by atomic mass is 35.5. The van der Waals surface area contributed by atoms with E-state index in [1.807, 2.05) is 17.5 Å². The largest absolute Gasteiger partial charge is 0.383 e. The number of nitrogens with zero attached hydrogens (tertiary/aromatic N) is 2. The number of benzene rings is 1. The molecule has 1 atom stereocenters. The Morgan fingerprint density at radius 2 is 2.12 bits per heavy atom. The first-order valence-corrected chi connectivity index (χ1v) is 9.67. The molecule has 0 radical (unpaired) electrons. The molecule has 3 heterocycles. The number of thiophene rings is 1. The molecule has 1 aromatic heterocycles. The summed E-state index contributed by atoms with van der Waals surface area (Å²) in [6, 6.07) is 11.2. The van der Waals surface area contributed by atoms with Crippen molar-refractivity contribution in [3.8, 4) is 0 Å². The van der Waals surface area contributed by atoms with Crippen molar-refractivity contribution in [1.29, 1.82) is 0 Å². The number of nitrogens with one attached hydrogen (secondary N) is 1. The summed E-state index contributed by atoms with van der Waals surface area (Å²) in [6.45, 7) is 3.40. The van der Waals surface area contributed by atoms with Crippen LogP contribution in [0.25, 0.3) is 0 Å². The van der Waals surface area contributed by atoms with Crippen LogP contribution in [0.3, 0.4) is 0 Å². The second-order valence-corrected chi connectivity index (χ2v) is 7.53. The van der Waals surface area contributed by atoms with Crippen molar-refractivity contribution < 1.29 is 0 Å². The molecule has 0 amide bonds. The van der Waals surface area contributed by atoms with Crippen LogP contribution < -0.4 is 16.0 Å². The van der Waals surface area contributed by atoms with Gasteiger partial charge in [0.15, 0.2) is 0 Å². The van der Waals surface area contributed by atoms with E-state index in [-0.39, 0.29) is 24.8 Å². The predicted octanol–water partition coefficient (Wildman–Crippen LogP) is 4.13. The lowest BCUT2D eigenvalue weighted by Gasteiger charge is -2.31. The molecule has 0 aliphatic carbocycles. The second-order valence-electron chi connectivity index (χ2n) is 6.58. The minimum Gasteiger partial charge on any atom is -0.383 e. The minimum atomic E-state index is 0. The van der Waals surface area contributed by atoms with Crippen molar-refractivity contribution >= 4 is 53.4 Å². The summed E-state index contributed by atoms with van der Waals surface area (Å²) in [5.41, 5.74) is 9.93. The SMILES string of the molecule is Cl.Cl.NC(=Nc1ccc2c(c1)CCCCN2C1CCNC1)c1cccs1. The van der Waals surface area contributed by atoms with Crippen LogP contribution in [-0.2, 0) is 6.42 Å². The van der Waals surface area contributed by atoms with Gasteiger partial charge in [0.05, 0.1) is 10.6 Å². The van der Waals surface area contributed by atoms with Crippen molar-refractivity contribution in [3.05, 3.63) is 46.2 Å². The molecule has 0 saturated carbocycles. The van der Waals surface area contributed by atoms with Crippen LogP contribution in [0, 0.1) is 0 Å². The van der Waals surface area contributed by atoms with Gasteiger partial charge in [0.1, 0.15) is 5.84 Å². The first-order chi connectivity index (χ1) is 11.8. The Morgan fingerprint density at radius 1 is 1.23 bits per heavy atom. The highest BCUT2D eigenvalue weighted by Crippen LogP contribution is 2.32. The van der Waals surface area contributed by atoms with Crippen LogP contribution in [-0.4, -0.2) is 31.5 Å². The summed E-state index contributed by atoms with van der Waals surface area (Å²) in [6.07, 6.45) is 4.89. The lowest BCUT2D eigenvalue weighted by Crippen LogP contribution is -2.37. The third kappa shape index (κ3) is 4.52. The van der Waals surface area contributed by atoms with Gasteiger partial charge in [0, 0.05) is 24.8 Å². The molecular weight excluding hydrogens is 387 g/mol. The molecule has 0 bridgehead atoms. The standard InChI is InChI=1S/C19H24N4S.2ClH/c20-19(18-5-3-11-24-18)22-15-6-7-17-14(12-15)4-1-2-10-23(17)16-8-9-21-13-16;;/h3,5-7,11-12,16,21H,1-2,4,8-10,13H2,(H2,20,22);2*1H. The lowest BCUT2D eigenvalue weighted by molar-refractivity contribution is 0.615. The van der Waals surface area contributed by atoms with E-state index in [2.05, 4.69) is 33.4 Å². The van der Waals surface area contributed by atoms with E-state index in [9.17, 15) is 0 Å². The van der Waals surface area contributed by atoms with Gasteiger partial charge in [0.25, 0.3) is 0 Å². The van der Waals surface area contributed by atoms with E-state index in [4.69, 9.17) is 5.73 Å². The molecular formula is C19H26Cl2N4S. The van der Waals surface area contributed by atoms with Gasteiger partial charge < -0.3 is 16.0 Å². The van der Waals surface area contributed by atoms with Crippen molar-refractivity contribution in [2.45, 2.75) is 31.7 Å². The average Bonchev–Trinajstić information content (AvgIpc) is 3.26. The van der Waals surface area contributed by atoms with Crippen LogP contribution in [0.15, 0.2) is 40.7 Å². The zero-order chi connectivity index (χ0) is 16.4. The molecule has 1 saturated heterocycles. The lowest BCUT2D eigenvalue weighted by atomic mass is 10.1. The number of rotatable bonds is 3. The molecule has 1 unspecified atom stereocenters. The van der Waals surface area contributed by atoms with Gasteiger partial charge in [0.2, 0.25) is 0 Å². The zero-order valence-electron chi connectivity index (χ0n) is 14.7. The number of amidine groups is 1. The van der Waals surface area contributed by atoms with Crippen LogP contribution >= 0.6 is 36.2 Å². The number of hydrogen-bond donors (Lipinski definition) is 2. The predicted molar refractivity (Wildman–Crippen MR) is 117 cm³/mol. The summed E-state index contributed by atoms with van der Waals surface area (Å²) >= 11 is 1.63. The molecule has 1 fully saturated rings. The van der Waals surface area contributed by atoms with Gasteiger partial charge in [-0.15, -0.1) is 36.2 Å². The zero-order valence-corrected chi connectivity index (χ0v) is 17.1. The molecule has 1 aromatic carbocycles. The van der Waals surface area contributed by atoms with E-state index in [1.54, 1.807) is 11.3 Å². The molecule has 7 heteroatoms. The van der Waals surface area contributed by atoms with Gasteiger partial charge in [-0.05, 0) is 67.4 Å². The fraction of sp³-hybridized carbons (Fsp3) is 0.421. The number of fused-ring (bicyclic) bond motifs is 1. The highest BCUT2D eigenvalue weighted by molar-refractivity contribution is 7.12. The van der Waals surface area contributed by atoms with E-state index in [1.165, 1.54) is 37.1 Å². The maximum absolute atomic E-state index is 6.15. The Balaban J connectivity index is 0.00000121. The van der Waals surface area contributed by atoms with Gasteiger partial charge in [-0.2, -0.15) is 0 Å². The fourth-order valence-corrected chi connectivity index (χ4v) is 4.37. The molecule has 2 aliphatic rings. The van der Waals surface area contributed by atoms with E-state index in [0.29, 0.717) is 11.9 Å². The van der Waals surface area contributed by atoms with E-state index < -0.39 is 0 Å². The normalized spacial score (nSPS) is 19.9. The minimum absolute atomic E-state index is 0. The van der Waals surface area contributed by atoms with E-state index >= 15 is 0 Å². The number of halogens is 2. The summed E-state index contributed by atoms with van der Waals surface area (Å²) in [4.78, 5) is 8.28. The molecule has 142 valence electrons. The van der Waals surface area contributed by atoms with Crippen LogP contribution in [0.4, 0.5) is 11.4 Å². The number of nitrogens with two attached hydrogens (primary N) is 1. The van der Waals surface area contributed by atoms with Gasteiger partial charge in [-0.1, -0.05) is 6.07 Å². The monoisotopic (exact) mass is 412 g/mol. The maximum atomic E-state index is 6.15. The number of aliphatic imine (C=N–C) groups is 1.